The molecule has 0 aliphatic carbocycles. The van der Waals surface area contributed by atoms with E-state index in [2.05, 4.69) is 32.8 Å². The van der Waals surface area contributed by atoms with Crippen molar-refractivity contribution in [1.82, 2.24) is 10.2 Å². The quantitative estimate of drug-likeness (QED) is 0.688. The van der Waals surface area contributed by atoms with Gasteiger partial charge in [-0.2, -0.15) is 10.2 Å². The summed E-state index contributed by atoms with van der Waals surface area (Å²) in [6, 6.07) is 12.4. The number of hydrogen-bond donors (Lipinski definition) is 1. The van der Waals surface area contributed by atoms with Gasteiger partial charge in [0.25, 0.3) is 0 Å². The molecule has 0 bridgehead atoms. The van der Waals surface area contributed by atoms with Crippen LogP contribution in [0.1, 0.15) is 10.4 Å². The molecule has 0 unspecified atom stereocenters. The minimum absolute atomic E-state index is 0.114. The maximum Gasteiger partial charge on any atom is 0.339 e. The summed E-state index contributed by atoms with van der Waals surface area (Å²) in [7, 11) is 0. The van der Waals surface area contributed by atoms with E-state index >= 15 is 0 Å². The molecule has 1 aromatic heterocycles. The van der Waals surface area contributed by atoms with Gasteiger partial charge in [0.15, 0.2) is 5.75 Å². The van der Waals surface area contributed by atoms with Gasteiger partial charge in [-0.25, -0.2) is 4.79 Å². The van der Waals surface area contributed by atoms with E-state index < -0.39 is 5.97 Å². The molecule has 6 heteroatoms. The molecule has 0 saturated carbocycles. The Morgan fingerprint density at radius 2 is 1.95 bits per heavy atom. The molecule has 2 aromatic carbocycles. The number of hydrogen-bond acceptors (Lipinski definition) is 4. The molecule has 1 N–H and O–H groups in total. The maximum absolute atomic E-state index is 11.3. The van der Waals surface area contributed by atoms with Crippen molar-refractivity contribution in [3.8, 4) is 11.5 Å². The molecule has 0 amide bonds. The number of rotatable bonds is 3. The molecule has 3 rings (SSSR count). The predicted octanol–water partition coefficient (Wildman–Crippen LogP) is 3.72. The highest BCUT2D eigenvalue weighted by atomic mass is 127. The lowest BCUT2D eigenvalue weighted by Gasteiger charge is -2.10. The smallest absolute Gasteiger partial charge is 0.339 e. The Balaban J connectivity index is 2.09. The van der Waals surface area contributed by atoms with Crippen LogP contribution in [0.4, 0.5) is 0 Å². The van der Waals surface area contributed by atoms with E-state index in [9.17, 15) is 9.90 Å². The van der Waals surface area contributed by atoms with Crippen LogP contribution in [0.3, 0.4) is 0 Å². The lowest BCUT2D eigenvalue weighted by atomic mass is 10.2. The van der Waals surface area contributed by atoms with Crippen LogP contribution in [0.15, 0.2) is 48.7 Å². The molecule has 0 spiro atoms. The third-order valence-electron chi connectivity index (χ3n) is 2.90. The summed E-state index contributed by atoms with van der Waals surface area (Å²) < 4.78 is 6.58. The molecule has 21 heavy (non-hydrogen) atoms. The van der Waals surface area contributed by atoms with Gasteiger partial charge in [0.1, 0.15) is 11.3 Å². The first-order valence-corrected chi connectivity index (χ1v) is 7.14. The number of ether oxygens (including phenoxy) is 1. The second-order valence-corrected chi connectivity index (χ2v) is 5.52. The first-order chi connectivity index (χ1) is 10.1. The van der Waals surface area contributed by atoms with E-state index in [1.54, 1.807) is 18.2 Å². The fourth-order valence-electron chi connectivity index (χ4n) is 1.94. The number of carboxylic acids is 1. The molecule has 0 fully saturated rings. The highest BCUT2D eigenvalue weighted by Gasteiger charge is 2.14. The Morgan fingerprint density at radius 1 is 1.14 bits per heavy atom. The Hall–Kier alpha value is -2.22. The van der Waals surface area contributed by atoms with Crippen molar-refractivity contribution in [2.24, 2.45) is 0 Å². The fourth-order valence-corrected chi connectivity index (χ4v) is 2.43. The van der Waals surface area contributed by atoms with E-state index in [0.29, 0.717) is 11.3 Å². The molecule has 0 atom stereocenters. The Labute approximate surface area is 133 Å². The Bertz CT molecular complexity index is 831. The summed E-state index contributed by atoms with van der Waals surface area (Å²) >= 11 is 2.06. The van der Waals surface area contributed by atoms with Gasteiger partial charge in [0.05, 0.1) is 11.7 Å². The summed E-state index contributed by atoms with van der Waals surface area (Å²) in [5.74, 6) is -0.278. The summed E-state index contributed by atoms with van der Waals surface area (Å²) in [5.41, 5.74) is 0.806. The topological polar surface area (TPSA) is 72.3 Å². The van der Waals surface area contributed by atoms with Gasteiger partial charge in [-0.15, -0.1) is 0 Å². The first-order valence-electron chi connectivity index (χ1n) is 6.06. The minimum atomic E-state index is -1.03. The van der Waals surface area contributed by atoms with Crippen LogP contribution in [-0.2, 0) is 0 Å². The van der Waals surface area contributed by atoms with Crippen LogP contribution in [0.25, 0.3) is 10.9 Å². The zero-order valence-corrected chi connectivity index (χ0v) is 12.8. The van der Waals surface area contributed by atoms with Crippen molar-refractivity contribution in [2.45, 2.75) is 0 Å². The van der Waals surface area contributed by atoms with Gasteiger partial charge in [-0.05, 0) is 52.9 Å². The third kappa shape index (κ3) is 2.80. The van der Waals surface area contributed by atoms with Crippen LogP contribution in [0.5, 0.6) is 11.5 Å². The summed E-state index contributed by atoms with van der Waals surface area (Å²) in [6.07, 6.45) is 1.48. The van der Waals surface area contributed by atoms with Gasteiger partial charge in [0, 0.05) is 8.96 Å². The van der Waals surface area contributed by atoms with Gasteiger partial charge in [-0.1, -0.05) is 12.1 Å². The first kappa shape index (κ1) is 13.7. The molecule has 0 aliphatic heterocycles. The summed E-state index contributed by atoms with van der Waals surface area (Å²) in [4.78, 5) is 11.3. The average molecular weight is 392 g/mol. The van der Waals surface area contributed by atoms with E-state index in [-0.39, 0.29) is 11.3 Å². The monoisotopic (exact) mass is 392 g/mol. The highest BCUT2D eigenvalue weighted by molar-refractivity contribution is 14.1. The van der Waals surface area contributed by atoms with E-state index in [1.165, 1.54) is 6.20 Å². The number of nitrogens with zero attached hydrogens (tertiary/aromatic N) is 2. The largest absolute Gasteiger partial charge is 0.478 e. The zero-order valence-electron chi connectivity index (χ0n) is 10.7. The van der Waals surface area contributed by atoms with E-state index in [0.717, 1.165) is 8.96 Å². The number of aromatic nitrogens is 2. The molecule has 3 aromatic rings. The standard InChI is InChI=1S/C15H9IN2O3/c16-9-5-6-13(11(7-9)15(19)20)21-14-8-17-18-12-4-2-1-3-10(12)14/h1-8H,(H,19,20). The number of carboxylic acid groups (broad SMARTS) is 1. The van der Waals surface area contributed by atoms with Gasteiger partial charge in [0.2, 0.25) is 0 Å². The molecule has 104 valence electrons. The number of halogens is 1. The van der Waals surface area contributed by atoms with Crippen LogP contribution >= 0.6 is 22.6 Å². The summed E-state index contributed by atoms with van der Waals surface area (Å²) in [6.45, 7) is 0. The predicted molar refractivity (Wildman–Crippen MR) is 85.7 cm³/mol. The number of carbonyl (C=O) groups is 1. The third-order valence-corrected chi connectivity index (χ3v) is 3.57. The van der Waals surface area contributed by atoms with Crippen LogP contribution in [-0.4, -0.2) is 21.3 Å². The van der Waals surface area contributed by atoms with Crippen molar-refractivity contribution < 1.29 is 14.6 Å². The molecular formula is C15H9IN2O3. The molecule has 0 radical (unpaired) electrons. The number of aromatic carboxylic acids is 1. The minimum Gasteiger partial charge on any atom is -0.478 e. The normalized spacial score (nSPS) is 10.5. The highest BCUT2D eigenvalue weighted by Crippen LogP contribution is 2.30. The van der Waals surface area contributed by atoms with Crippen LogP contribution in [0.2, 0.25) is 0 Å². The van der Waals surface area contributed by atoms with Gasteiger partial charge in [-0.3, -0.25) is 0 Å². The van der Waals surface area contributed by atoms with E-state index in [4.69, 9.17) is 4.74 Å². The van der Waals surface area contributed by atoms with Crippen LogP contribution < -0.4 is 4.74 Å². The lowest BCUT2D eigenvalue weighted by molar-refractivity contribution is 0.0694. The number of fused-ring (bicyclic) bond motifs is 1. The second-order valence-electron chi connectivity index (χ2n) is 4.27. The molecular weight excluding hydrogens is 383 g/mol. The molecule has 0 saturated heterocycles. The SMILES string of the molecule is O=C(O)c1cc(I)ccc1Oc1cnnc2ccccc12. The van der Waals surface area contributed by atoms with Crippen molar-refractivity contribution in [1.29, 1.82) is 0 Å². The summed E-state index contributed by atoms with van der Waals surface area (Å²) in [5, 5.41) is 17.9. The molecule has 0 aliphatic rings. The average Bonchev–Trinajstić information content (AvgIpc) is 2.49. The zero-order chi connectivity index (χ0) is 14.8. The molecule has 5 nitrogen and oxygen atoms in total. The Morgan fingerprint density at radius 3 is 2.76 bits per heavy atom. The fraction of sp³-hybridized carbons (Fsp3) is 0. The second kappa shape index (κ2) is 5.65. The van der Waals surface area contributed by atoms with Crippen molar-refractivity contribution >= 4 is 39.5 Å². The van der Waals surface area contributed by atoms with Crippen LogP contribution in [0, 0.1) is 3.57 Å². The Kier molecular flexibility index (Phi) is 3.70. The lowest BCUT2D eigenvalue weighted by Crippen LogP contribution is -2.01. The maximum atomic E-state index is 11.3. The van der Waals surface area contributed by atoms with Crippen molar-refractivity contribution in [3.05, 3.63) is 57.8 Å². The van der Waals surface area contributed by atoms with Gasteiger partial charge >= 0.3 is 5.97 Å². The van der Waals surface area contributed by atoms with E-state index in [1.807, 2.05) is 24.3 Å². The van der Waals surface area contributed by atoms with Crippen molar-refractivity contribution in [3.63, 3.8) is 0 Å². The molecule has 1 heterocycles. The van der Waals surface area contributed by atoms with Crippen molar-refractivity contribution in [2.75, 3.05) is 0 Å². The number of benzene rings is 2. The van der Waals surface area contributed by atoms with Gasteiger partial charge < -0.3 is 9.84 Å².